The minimum absolute atomic E-state index is 0.423. The van der Waals surface area contributed by atoms with Crippen LogP contribution < -0.4 is 5.32 Å². The van der Waals surface area contributed by atoms with Gasteiger partial charge in [-0.1, -0.05) is 30.3 Å². The van der Waals surface area contributed by atoms with E-state index in [2.05, 4.69) is 36.5 Å². The maximum Gasteiger partial charge on any atom is 0.0815 e. The Hall–Kier alpha value is -0.900. The summed E-state index contributed by atoms with van der Waals surface area (Å²) in [6.07, 6.45) is 3.66. The highest BCUT2D eigenvalue weighted by Crippen LogP contribution is 2.19. The Bertz CT molecular complexity index is 360. The van der Waals surface area contributed by atoms with Gasteiger partial charge in [-0.05, 0) is 25.3 Å². The molecule has 19 heavy (non-hydrogen) atoms. The number of ether oxygens (including phenoxy) is 1. The number of benzene rings is 1. The minimum atomic E-state index is -0.570. The molecule has 0 amide bonds. The Labute approximate surface area is 116 Å². The second-order valence-corrected chi connectivity index (χ2v) is 5.64. The van der Waals surface area contributed by atoms with Gasteiger partial charge in [0, 0.05) is 38.6 Å². The van der Waals surface area contributed by atoms with E-state index in [9.17, 15) is 5.11 Å². The molecule has 1 heterocycles. The molecule has 1 aromatic rings. The Morgan fingerprint density at radius 1 is 1.26 bits per heavy atom. The smallest absolute Gasteiger partial charge is 0.0815 e. The first-order valence-electron chi connectivity index (χ1n) is 7.25. The molecule has 1 unspecified atom stereocenters. The van der Waals surface area contributed by atoms with E-state index in [0.717, 1.165) is 25.7 Å². The summed E-state index contributed by atoms with van der Waals surface area (Å²) in [6.45, 7) is 4.21. The van der Waals surface area contributed by atoms with E-state index < -0.39 is 5.60 Å². The lowest BCUT2D eigenvalue weighted by molar-refractivity contribution is -0.0626. The average Bonchev–Trinajstić information content (AvgIpc) is 2.45. The van der Waals surface area contributed by atoms with E-state index >= 15 is 0 Å². The Morgan fingerprint density at radius 3 is 2.63 bits per heavy atom. The van der Waals surface area contributed by atoms with Crippen LogP contribution >= 0.6 is 0 Å². The van der Waals surface area contributed by atoms with Crippen LogP contribution in [0.15, 0.2) is 30.3 Å². The number of hydrogen-bond donors (Lipinski definition) is 2. The Morgan fingerprint density at radius 2 is 1.95 bits per heavy atom. The van der Waals surface area contributed by atoms with Gasteiger partial charge in [0.05, 0.1) is 5.60 Å². The van der Waals surface area contributed by atoms with Crippen molar-refractivity contribution in [2.75, 3.05) is 19.8 Å². The van der Waals surface area contributed by atoms with Crippen LogP contribution in [-0.2, 0) is 11.2 Å². The molecule has 1 saturated heterocycles. The normalized spacial score (nSPS) is 20.1. The molecule has 1 aromatic carbocycles. The zero-order valence-electron chi connectivity index (χ0n) is 11.8. The SMILES string of the molecule is CC(CCc1ccccc1)NCC1(O)CCOCC1. The molecule has 1 aliphatic heterocycles. The van der Waals surface area contributed by atoms with Crippen molar-refractivity contribution in [3.05, 3.63) is 35.9 Å². The highest BCUT2D eigenvalue weighted by Gasteiger charge is 2.29. The van der Waals surface area contributed by atoms with Crippen LogP contribution in [0.4, 0.5) is 0 Å². The molecule has 1 atom stereocenters. The molecule has 106 valence electrons. The molecule has 1 fully saturated rings. The Kier molecular flexibility index (Phi) is 5.37. The van der Waals surface area contributed by atoms with Crippen molar-refractivity contribution in [2.45, 2.75) is 44.2 Å². The largest absolute Gasteiger partial charge is 0.388 e. The highest BCUT2D eigenvalue weighted by molar-refractivity contribution is 5.14. The lowest BCUT2D eigenvalue weighted by Crippen LogP contribution is -2.47. The molecular formula is C16H25NO2. The summed E-state index contributed by atoms with van der Waals surface area (Å²) in [5.41, 5.74) is 0.806. The zero-order valence-corrected chi connectivity index (χ0v) is 11.8. The zero-order chi connectivity index (χ0) is 13.6. The lowest BCUT2D eigenvalue weighted by atomic mass is 9.94. The summed E-state index contributed by atoms with van der Waals surface area (Å²) in [5, 5.41) is 13.8. The van der Waals surface area contributed by atoms with Crippen molar-refractivity contribution >= 4 is 0 Å². The summed E-state index contributed by atoms with van der Waals surface area (Å²) in [4.78, 5) is 0. The number of aryl methyl sites for hydroxylation is 1. The standard InChI is InChI=1S/C16H25NO2/c1-14(7-8-15-5-3-2-4-6-15)17-13-16(18)9-11-19-12-10-16/h2-6,14,17-18H,7-13H2,1H3. The molecular weight excluding hydrogens is 238 g/mol. The summed E-state index contributed by atoms with van der Waals surface area (Å²) in [5.74, 6) is 0. The molecule has 0 aliphatic carbocycles. The van der Waals surface area contributed by atoms with Crippen LogP contribution in [0.5, 0.6) is 0 Å². The topological polar surface area (TPSA) is 41.5 Å². The van der Waals surface area contributed by atoms with E-state index in [0.29, 0.717) is 25.8 Å². The molecule has 3 heteroatoms. The molecule has 2 N–H and O–H groups in total. The number of aliphatic hydroxyl groups is 1. The first-order valence-corrected chi connectivity index (χ1v) is 7.25. The van der Waals surface area contributed by atoms with Gasteiger partial charge in [0.1, 0.15) is 0 Å². The van der Waals surface area contributed by atoms with Gasteiger partial charge in [0.25, 0.3) is 0 Å². The average molecular weight is 263 g/mol. The van der Waals surface area contributed by atoms with Crippen LogP contribution in [0.1, 0.15) is 31.7 Å². The van der Waals surface area contributed by atoms with Gasteiger partial charge < -0.3 is 15.2 Å². The molecule has 0 saturated carbocycles. The van der Waals surface area contributed by atoms with Gasteiger partial charge in [-0.15, -0.1) is 0 Å². The van der Waals surface area contributed by atoms with Gasteiger partial charge in [-0.2, -0.15) is 0 Å². The highest BCUT2D eigenvalue weighted by atomic mass is 16.5. The van der Waals surface area contributed by atoms with Crippen molar-refractivity contribution in [2.24, 2.45) is 0 Å². The van der Waals surface area contributed by atoms with Crippen LogP contribution in [0.2, 0.25) is 0 Å². The van der Waals surface area contributed by atoms with Gasteiger partial charge >= 0.3 is 0 Å². The van der Waals surface area contributed by atoms with Crippen molar-refractivity contribution in [3.8, 4) is 0 Å². The second-order valence-electron chi connectivity index (χ2n) is 5.64. The third-order valence-corrected chi connectivity index (χ3v) is 3.91. The predicted octanol–water partition coefficient (Wildman–Crippen LogP) is 2.14. The molecule has 0 radical (unpaired) electrons. The maximum absolute atomic E-state index is 10.4. The first kappa shape index (κ1) is 14.5. The molecule has 2 rings (SSSR count). The van der Waals surface area contributed by atoms with E-state index in [-0.39, 0.29) is 0 Å². The summed E-state index contributed by atoms with van der Waals surface area (Å²) in [6, 6.07) is 11.0. The first-order chi connectivity index (χ1) is 9.18. The molecule has 3 nitrogen and oxygen atoms in total. The van der Waals surface area contributed by atoms with Crippen molar-refractivity contribution in [1.82, 2.24) is 5.32 Å². The van der Waals surface area contributed by atoms with E-state index in [4.69, 9.17) is 4.74 Å². The van der Waals surface area contributed by atoms with Crippen molar-refractivity contribution in [3.63, 3.8) is 0 Å². The summed E-state index contributed by atoms with van der Waals surface area (Å²) < 4.78 is 5.29. The van der Waals surface area contributed by atoms with Crippen LogP contribution in [0.3, 0.4) is 0 Å². The number of rotatable bonds is 6. The molecule has 1 aliphatic rings. The fourth-order valence-electron chi connectivity index (χ4n) is 2.42. The third-order valence-electron chi connectivity index (χ3n) is 3.91. The van der Waals surface area contributed by atoms with E-state index in [1.807, 2.05) is 6.07 Å². The van der Waals surface area contributed by atoms with Gasteiger partial charge in [0.15, 0.2) is 0 Å². The lowest BCUT2D eigenvalue weighted by Gasteiger charge is -2.33. The second kappa shape index (κ2) is 7.04. The van der Waals surface area contributed by atoms with E-state index in [1.165, 1.54) is 5.56 Å². The van der Waals surface area contributed by atoms with Gasteiger partial charge in [-0.25, -0.2) is 0 Å². The van der Waals surface area contributed by atoms with Crippen LogP contribution in [0.25, 0.3) is 0 Å². The fourth-order valence-corrected chi connectivity index (χ4v) is 2.42. The summed E-state index contributed by atoms with van der Waals surface area (Å²) in [7, 11) is 0. The van der Waals surface area contributed by atoms with Gasteiger partial charge in [0.2, 0.25) is 0 Å². The summed E-state index contributed by atoms with van der Waals surface area (Å²) >= 11 is 0. The fraction of sp³-hybridized carbons (Fsp3) is 0.625. The number of nitrogens with one attached hydrogen (secondary N) is 1. The van der Waals surface area contributed by atoms with Crippen LogP contribution in [0, 0.1) is 0 Å². The molecule has 0 aromatic heterocycles. The van der Waals surface area contributed by atoms with Gasteiger partial charge in [-0.3, -0.25) is 0 Å². The Balaban J connectivity index is 1.68. The maximum atomic E-state index is 10.4. The van der Waals surface area contributed by atoms with Crippen LogP contribution in [-0.4, -0.2) is 36.5 Å². The van der Waals surface area contributed by atoms with Crippen molar-refractivity contribution < 1.29 is 9.84 Å². The quantitative estimate of drug-likeness (QED) is 0.826. The van der Waals surface area contributed by atoms with E-state index in [1.54, 1.807) is 0 Å². The number of hydrogen-bond acceptors (Lipinski definition) is 3. The molecule has 0 spiro atoms. The third kappa shape index (κ3) is 4.94. The monoisotopic (exact) mass is 263 g/mol. The molecule has 0 bridgehead atoms. The minimum Gasteiger partial charge on any atom is -0.388 e. The predicted molar refractivity (Wildman–Crippen MR) is 77.2 cm³/mol. The van der Waals surface area contributed by atoms with Crippen molar-refractivity contribution in [1.29, 1.82) is 0 Å².